The second kappa shape index (κ2) is 8.05. The summed E-state index contributed by atoms with van der Waals surface area (Å²) in [6.45, 7) is 1.82. The predicted molar refractivity (Wildman–Crippen MR) is 89.0 cm³/mol. The minimum Gasteiger partial charge on any atom is -0.353 e. The first-order valence-electron chi connectivity index (χ1n) is 8.43. The predicted octanol–water partition coefficient (Wildman–Crippen LogP) is 1.04. The third kappa shape index (κ3) is 3.99. The average molecular weight is 372 g/mol. The van der Waals surface area contributed by atoms with Gasteiger partial charge < -0.3 is 20.4 Å². The first-order chi connectivity index (χ1) is 12.5. The molecule has 2 atom stereocenters. The summed E-state index contributed by atoms with van der Waals surface area (Å²) in [5, 5.41) is 14.8. The van der Waals surface area contributed by atoms with Crippen LogP contribution in [0.3, 0.4) is 0 Å². The van der Waals surface area contributed by atoms with E-state index in [2.05, 4.69) is 15.6 Å². The van der Waals surface area contributed by atoms with Gasteiger partial charge in [-0.3, -0.25) is 0 Å². The minimum atomic E-state index is -2.52. The van der Waals surface area contributed by atoms with Gasteiger partial charge in [0.25, 0.3) is 12.9 Å². The van der Waals surface area contributed by atoms with Crippen molar-refractivity contribution >= 4 is 11.6 Å². The van der Waals surface area contributed by atoms with E-state index >= 15 is 0 Å². The van der Waals surface area contributed by atoms with Crippen LogP contribution >= 0.6 is 0 Å². The SMILES string of the molecule is N#Cc1ccc(N2CCNC(C(F)F)C2)nc1N1CCNC(C(F)F)C1. The summed E-state index contributed by atoms with van der Waals surface area (Å²) in [7, 11) is 0. The number of halogens is 4. The highest BCUT2D eigenvalue weighted by Crippen LogP contribution is 2.25. The number of anilines is 2. The van der Waals surface area contributed by atoms with Crippen molar-refractivity contribution in [3.05, 3.63) is 17.7 Å². The molecular formula is C16H20F4N6. The maximum absolute atomic E-state index is 13.0. The van der Waals surface area contributed by atoms with Crippen LogP contribution in [-0.2, 0) is 0 Å². The molecule has 0 radical (unpaired) electrons. The van der Waals surface area contributed by atoms with Gasteiger partial charge in [-0.25, -0.2) is 22.5 Å². The van der Waals surface area contributed by atoms with Gasteiger partial charge in [0.15, 0.2) is 0 Å². The van der Waals surface area contributed by atoms with Crippen LogP contribution in [0.25, 0.3) is 0 Å². The van der Waals surface area contributed by atoms with E-state index in [1.54, 1.807) is 21.9 Å². The molecule has 2 fully saturated rings. The fourth-order valence-corrected chi connectivity index (χ4v) is 3.24. The molecule has 2 unspecified atom stereocenters. The number of nitriles is 1. The summed E-state index contributed by atoms with van der Waals surface area (Å²) < 4.78 is 52.0. The van der Waals surface area contributed by atoms with Crippen LogP contribution in [0.5, 0.6) is 0 Å². The smallest absolute Gasteiger partial charge is 0.255 e. The number of rotatable bonds is 4. The lowest BCUT2D eigenvalue weighted by Gasteiger charge is -2.36. The number of hydrogen-bond donors (Lipinski definition) is 2. The summed E-state index contributed by atoms with van der Waals surface area (Å²) >= 11 is 0. The highest BCUT2D eigenvalue weighted by atomic mass is 19.3. The van der Waals surface area contributed by atoms with Gasteiger partial charge in [0.05, 0.1) is 17.6 Å². The van der Waals surface area contributed by atoms with Crippen molar-refractivity contribution < 1.29 is 17.6 Å². The number of pyridine rings is 1. The lowest BCUT2D eigenvalue weighted by molar-refractivity contribution is 0.0956. The standard InChI is InChI=1S/C16H20F4N6/c17-14(18)11-8-25(5-3-22-11)13-2-1-10(7-21)16(24-13)26-6-4-23-12(9-26)15(19)20/h1-2,11-12,14-15,22-23H,3-6,8-9H2. The summed E-state index contributed by atoms with van der Waals surface area (Å²) in [5.41, 5.74) is 0.282. The summed E-state index contributed by atoms with van der Waals surface area (Å²) in [4.78, 5) is 7.84. The zero-order valence-corrected chi connectivity index (χ0v) is 14.0. The third-order valence-corrected chi connectivity index (χ3v) is 4.62. The molecule has 10 heteroatoms. The van der Waals surface area contributed by atoms with E-state index < -0.39 is 24.9 Å². The summed E-state index contributed by atoms with van der Waals surface area (Å²) in [5.74, 6) is 0.794. The van der Waals surface area contributed by atoms with Crippen molar-refractivity contribution in [3.63, 3.8) is 0 Å². The van der Waals surface area contributed by atoms with Crippen molar-refractivity contribution in [1.82, 2.24) is 15.6 Å². The van der Waals surface area contributed by atoms with Gasteiger partial charge in [-0.05, 0) is 12.1 Å². The van der Waals surface area contributed by atoms with Gasteiger partial charge in [0.1, 0.15) is 17.7 Å². The summed E-state index contributed by atoms with van der Waals surface area (Å²) in [6, 6.07) is 3.26. The van der Waals surface area contributed by atoms with E-state index in [0.29, 0.717) is 37.8 Å². The van der Waals surface area contributed by atoms with E-state index in [4.69, 9.17) is 0 Å². The first-order valence-corrected chi connectivity index (χ1v) is 8.43. The molecule has 2 aliphatic rings. The molecule has 0 aliphatic carbocycles. The van der Waals surface area contributed by atoms with E-state index in [9.17, 15) is 22.8 Å². The number of aromatic nitrogens is 1. The number of nitrogens with one attached hydrogen (secondary N) is 2. The maximum atomic E-state index is 13.0. The fourth-order valence-electron chi connectivity index (χ4n) is 3.24. The Morgan fingerprint density at radius 2 is 1.58 bits per heavy atom. The third-order valence-electron chi connectivity index (χ3n) is 4.62. The summed E-state index contributed by atoms with van der Waals surface area (Å²) in [6.07, 6.45) is -5.01. The molecule has 0 saturated carbocycles. The van der Waals surface area contributed by atoms with E-state index in [0.717, 1.165) is 0 Å². The second-order valence-corrected chi connectivity index (χ2v) is 6.33. The molecule has 6 nitrogen and oxygen atoms in total. The van der Waals surface area contributed by atoms with Gasteiger partial charge in [-0.15, -0.1) is 0 Å². The van der Waals surface area contributed by atoms with Crippen LogP contribution in [0, 0.1) is 11.3 Å². The van der Waals surface area contributed by atoms with Crippen molar-refractivity contribution in [2.45, 2.75) is 24.9 Å². The first kappa shape index (κ1) is 18.7. The topological polar surface area (TPSA) is 67.2 Å². The lowest BCUT2D eigenvalue weighted by Crippen LogP contribution is -2.55. The Morgan fingerprint density at radius 3 is 2.15 bits per heavy atom. The molecule has 0 aromatic carbocycles. The van der Waals surface area contributed by atoms with E-state index in [1.165, 1.54) is 0 Å². The molecule has 3 rings (SSSR count). The molecule has 1 aromatic heterocycles. The van der Waals surface area contributed by atoms with Gasteiger partial charge in [0, 0.05) is 39.3 Å². The maximum Gasteiger partial charge on any atom is 0.255 e. The van der Waals surface area contributed by atoms with E-state index in [1.807, 2.05) is 6.07 Å². The Kier molecular flexibility index (Phi) is 5.78. The Labute approximate surface area is 148 Å². The molecular weight excluding hydrogens is 352 g/mol. The molecule has 26 heavy (non-hydrogen) atoms. The quantitative estimate of drug-likeness (QED) is 0.770. The van der Waals surface area contributed by atoms with Crippen molar-refractivity contribution in [2.24, 2.45) is 0 Å². The Balaban J connectivity index is 1.84. The van der Waals surface area contributed by atoms with Crippen LogP contribution in [0.4, 0.5) is 29.2 Å². The molecule has 142 valence electrons. The van der Waals surface area contributed by atoms with Crippen molar-refractivity contribution in [2.75, 3.05) is 49.1 Å². The largest absolute Gasteiger partial charge is 0.353 e. The molecule has 2 saturated heterocycles. The van der Waals surface area contributed by atoms with Crippen molar-refractivity contribution in [1.29, 1.82) is 5.26 Å². The average Bonchev–Trinajstić information content (AvgIpc) is 2.67. The van der Waals surface area contributed by atoms with Gasteiger partial charge in [-0.1, -0.05) is 0 Å². The van der Waals surface area contributed by atoms with E-state index in [-0.39, 0.29) is 18.7 Å². The molecule has 1 aromatic rings. The molecule has 2 N–H and O–H groups in total. The second-order valence-electron chi connectivity index (χ2n) is 6.33. The highest BCUT2D eigenvalue weighted by molar-refractivity contribution is 5.59. The highest BCUT2D eigenvalue weighted by Gasteiger charge is 2.30. The van der Waals surface area contributed by atoms with Crippen LogP contribution in [0.15, 0.2) is 12.1 Å². The molecule has 0 spiro atoms. The van der Waals surface area contributed by atoms with Gasteiger partial charge >= 0.3 is 0 Å². The number of hydrogen-bond acceptors (Lipinski definition) is 6. The fraction of sp³-hybridized carbons (Fsp3) is 0.625. The van der Waals surface area contributed by atoms with Gasteiger partial charge in [0.2, 0.25) is 0 Å². The zero-order valence-electron chi connectivity index (χ0n) is 14.0. The molecule has 0 bridgehead atoms. The normalized spacial score (nSPS) is 24.2. The Hall–Kier alpha value is -2.12. The molecule has 3 heterocycles. The number of alkyl halides is 4. The zero-order chi connectivity index (χ0) is 18.7. The van der Waals surface area contributed by atoms with Crippen LogP contribution < -0.4 is 20.4 Å². The van der Waals surface area contributed by atoms with Crippen LogP contribution in [-0.4, -0.2) is 69.2 Å². The van der Waals surface area contributed by atoms with Crippen LogP contribution in [0.2, 0.25) is 0 Å². The van der Waals surface area contributed by atoms with Crippen molar-refractivity contribution in [3.8, 4) is 6.07 Å². The molecule has 0 amide bonds. The minimum absolute atomic E-state index is 0.0318. The number of nitrogens with zero attached hydrogens (tertiary/aromatic N) is 4. The number of piperazine rings is 2. The Bertz CT molecular complexity index is 665. The van der Waals surface area contributed by atoms with Crippen LogP contribution in [0.1, 0.15) is 5.56 Å². The lowest BCUT2D eigenvalue weighted by atomic mass is 10.1. The van der Waals surface area contributed by atoms with Gasteiger partial charge in [-0.2, -0.15) is 5.26 Å². The molecule has 2 aliphatic heterocycles. The Morgan fingerprint density at radius 1 is 1.00 bits per heavy atom. The monoisotopic (exact) mass is 372 g/mol.